The van der Waals surface area contributed by atoms with Crippen LogP contribution in [0, 0.1) is 5.92 Å². The Kier molecular flexibility index (Phi) is 3.45. The minimum Gasteiger partial charge on any atom is -0.312 e. The van der Waals surface area contributed by atoms with Crippen molar-refractivity contribution in [2.24, 2.45) is 5.92 Å². The zero-order valence-electron chi connectivity index (χ0n) is 9.63. The maximum absolute atomic E-state index is 3.63. The number of piperidine rings is 1. The third-order valence-corrected chi connectivity index (χ3v) is 4.06. The molecule has 2 heteroatoms. The van der Waals surface area contributed by atoms with Crippen molar-refractivity contribution < 1.29 is 0 Å². The molecule has 2 fully saturated rings. The van der Waals surface area contributed by atoms with Gasteiger partial charge in [-0.05, 0) is 45.2 Å². The Morgan fingerprint density at radius 2 is 2.07 bits per heavy atom. The number of nitrogens with one attached hydrogen (secondary N) is 1. The highest BCUT2D eigenvalue weighted by atomic mass is 15.2. The normalized spacial score (nSPS) is 40.3. The fourth-order valence-electron chi connectivity index (χ4n) is 2.82. The summed E-state index contributed by atoms with van der Waals surface area (Å²) in [5.41, 5.74) is 0. The quantitative estimate of drug-likeness (QED) is 0.725. The van der Waals surface area contributed by atoms with Gasteiger partial charge in [-0.1, -0.05) is 13.3 Å². The SMILES string of the molecule is CC1CCNC1CN1CCCCC1C. The molecule has 2 rings (SSSR count). The summed E-state index contributed by atoms with van der Waals surface area (Å²) in [4.78, 5) is 2.68. The van der Waals surface area contributed by atoms with Gasteiger partial charge < -0.3 is 5.32 Å². The Bertz CT molecular complexity index is 181. The van der Waals surface area contributed by atoms with Crippen molar-refractivity contribution in [1.29, 1.82) is 0 Å². The fourth-order valence-corrected chi connectivity index (χ4v) is 2.82. The first-order valence-corrected chi connectivity index (χ1v) is 6.25. The van der Waals surface area contributed by atoms with Gasteiger partial charge in [-0.3, -0.25) is 4.90 Å². The van der Waals surface area contributed by atoms with Crippen molar-refractivity contribution in [3.63, 3.8) is 0 Å². The average molecular weight is 196 g/mol. The first-order chi connectivity index (χ1) is 6.77. The van der Waals surface area contributed by atoms with E-state index in [0.29, 0.717) is 0 Å². The van der Waals surface area contributed by atoms with Gasteiger partial charge in [-0.25, -0.2) is 0 Å². The van der Waals surface area contributed by atoms with Gasteiger partial charge in [-0.2, -0.15) is 0 Å². The van der Waals surface area contributed by atoms with Crippen molar-refractivity contribution in [2.45, 2.75) is 51.6 Å². The Morgan fingerprint density at radius 1 is 1.21 bits per heavy atom. The van der Waals surface area contributed by atoms with Crippen LogP contribution in [0.1, 0.15) is 39.5 Å². The van der Waals surface area contributed by atoms with Gasteiger partial charge in [0, 0.05) is 18.6 Å². The van der Waals surface area contributed by atoms with Crippen molar-refractivity contribution in [1.82, 2.24) is 10.2 Å². The van der Waals surface area contributed by atoms with E-state index in [9.17, 15) is 0 Å². The molecule has 2 saturated heterocycles. The molecule has 2 aliphatic rings. The number of likely N-dealkylation sites (tertiary alicyclic amines) is 1. The highest BCUT2D eigenvalue weighted by Crippen LogP contribution is 2.21. The molecule has 3 unspecified atom stereocenters. The lowest BCUT2D eigenvalue weighted by Crippen LogP contribution is -2.46. The van der Waals surface area contributed by atoms with Crippen LogP contribution in [0.4, 0.5) is 0 Å². The van der Waals surface area contributed by atoms with Crippen LogP contribution in [0.5, 0.6) is 0 Å². The maximum atomic E-state index is 3.63. The molecular weight excluding hydrogens is 172 g/mol. The van der Waals surface area contributed by atoms with Crippen molar-refractivity contribution >= 4 is 0 Å². The molecule has 0 bridgehead atoms. The molecular formula is C12H24N2. The van der Waals surface area contributed by atoms with Crippen LogP contribution >= 0.6 is 0 Å². The summed E-state index contributed by atoms with van der Waals surface area (Å²) in [6.45, 7) is 8.61. The molecule has 0 aliphatic carbocycles. The summed E-state index contributed by atoms with van der Waals surface area (Å²) in [6, 6.07) is 1.58. The van der Waals surface area contributed by atoms with E-state index in [2.05, 4.69) is 24.1 Å². The molecule has 0 radical (unpaired) electrons. The van der Waals surface area contributed by atoms with Crippen molar-refractivity contribution in [3.8, 4) is 0 Å². The lowest BCUT2D eigenvalue weighted by atomic mass is 9.99. The number of hydrogen-bond donors (Lipinski definition) is 1. The van der Waals surface area contributed by atoms with Gasteiger partial charge in [0.1, 0.15) is 0 Å². The van der Waals surface area contributed by atoms with Gasteiger partial charge in [0.25, 0.3) is 0 Å². The second-order valence-corrected chi connectivity index (χ2v) is 5.17. The summed E-state index contributed by atoms with van der Waals surface area (Å²) >= 11 is 0. The van der Waals surface area contributed by atoms with E-state index in [1.165, 1.54) is 45.3 Å². The third kappa shape index (κ3) is 2.29. The van der Waals surface area contributed by atoms with E-state index in [4.69, 9.17) is 0 Å². The average Bonchev–Trinajstić information content (AvgIpc) is 2.56. The van der Waals surface area contributed by atoms with E-state index in [1.807, 2.05) is 0 Å². The zero-order chi connectivity index (χ0) is 9.97. The van der Waals surface area contributed by atoms with Crippen molar-refractivity contribution in [3.05, 3.63) is 0 Å². The Balaban J connectivity index is 1.83. The summed E-state index contributed by atoms with van der Waals surface area (Å²) < 4.78 is 0. The lowest BCUT2D eigenvalue weighted by molar-refractivity contribution is 0.140. The number of nitrogens with zero attached hydrogens (tertiary/aromatic N) is 1. The molecule has 0 aromatic rings. The van der Waals surface area contributed by atoms with Crippen LogP contribution in [0.2, 0.25) is 0 Å². The second-order valence-electron chi connectivity index (χ2n) is 5.17. The highest BCUT2D eigenvalue weighted by Gasteiger charge is 2.27. The van der Waals surface area contributed by atoms with E-state index >= 15 is 0 Å². The molecule has 0 amide bonds. The predicted octanol–water partition coefficient (Wildman–Crippen LogP) is 1.86. The fraction of sp³-hybridized carbons (Fsp3) is 1.00. The lowest BCUT2D eigenvalue weighted by Gasteiger charge is -2.36. The number of rotatable bonds is 2. The van der Waals surface area contributed by atoms with Gasteiger partial charge >= 0.3 is 0 Å². The number of hydrogen-bond acceptors (Lipinski definition) is 2. The van der Waals surface area contributed by atoms with Crippen LogP contribution in [-0.4, -0.2) is 36.6 Å². The standard InChI is InChI=1S/C12H24N2/c1-10-6-7-13-12(10)9-14-8-4-3-5-11(14)2/h10-13H,3-9H2,1-2H3. The molecule has 0 aromatic carbocycles. The van der Waals surface area contributed by atoms with Crippen LogP contribution in [0.15, 0.2) is 0 Å². The molecule has 2 nitrogen and oxygen atoms in total. The van der Waals surface area contributed by atoms with Gasteiger partial charge in [0.15, 0.2) is 0 Å². The summed E-state index contributed by atoms with van der Waals surface area (Å²) in [6.07, 6.45) is 5.62. The second kappa shape index (κ2) is 4.63. The Hall–Kier alpha value is -0.0800. The minimum absolute atomic E-state index is 0.760. The summed E-state index contributed by atoms with van der Waals surface area (Å²) in [7, 11) is 0. The van der Waals surface area contributed by atoms with E-state index in [0.717, 1.165) is 18.0 Å². The van der Waals surface area contributed by atoms with Crippen LogP contribution in [0.3, 0.4) is 0 Å². The molecule has 0 aromatic heterocycles. The summed E-state index contributed by atoms with van der Waals surface area (Å²) in [5, 5.41) is 3.63. The third-order valence-electron chi connectivity index (χ3n) is 4.06. The molecule has 1 N–H and O–H groups in total. The Labute approximate surface area is 88.1 Å². The molecule has 14 heavy (non-hydrogen) atoms. The molecule has 2 heterocycles. The van der Waals surface area contributed by atoms with E-state index in [-0.39, 0.29) is 0 Å². The first kappa shape index (κ1) is 10.4. The van der Waals surface area contributed by atoms with Crippen LogP contribution in [0.25, 0.3) is 0 Å². The van der Waals surface area contributed by atoms with E-state index in [1.54, 1.807) is 0 Å². The van der Waals surface area contributed by atoms with Gasteiger partial charge in [0.05, 0.1) is 0 Å². The summed E-state index contributed by atoms with van der Waals surface area (Å²) in [5.74, 6) is 0.879. The first-order valence-electron chi connectivity index (χ1n) is 6.25. The zero-order valence-corrected chi connectivity index (χ0v) is 9.63. The maximum Gasteiger partial charge on any atom is 0.0221 e. The molecule has 82 valence electrons. The minimum atomic E-state index is 0.760. The molecule has 0 spiro atoms. The van der Waals surface area contributed by atoms with E-state index < -0.39 is 0 Å². The van der Waals surface area contributed by atoms with Crippen LogP contribution < -0.4 is 5.32 Å². The van der Waals surface area contributed by atoms with Crippen molar-refractivity contribution in [2.75, 3.05) is 19.6 Å². The smallest absolute Gasteiger partial charge is 0.0221 e. The molecule has 3 atom stereocenters. The molecule has 2 aliphatic heterocycles. The van der Waals surface area contributed by atoms with Gasteiger partial charge in [-0.15, -0.1) is 0 Å². The monoisotopic (exact) mass is 196 g/mol. The molecule has 0 saturated carbocycles. The largest absolute Gasteiger partial charge is 0.312 e. The van der Waals surface area contributed by atoms with Gasteiger partial charge in [0.2, 0.25) is 0 Å². The Morgan fingerprint density at radius 3 is 2.71 bits per heavy atom. The highest BCUT2D eigenvalue weighted by molar-refractivity contribution is 4.86. The predicted molar refractivity (Wildman–Crippen MR) is 60.5 cm³/mol. The van der Waals surface area contributed by atoms with Crippen LogP contribution in [-0.2, 0) is 0 Å². The topological polar surface area (TPSA) is 15.3 Å².